The van der Waals surface area contributed by atoms with Crippen molar-refractivity contribution in [3.8, 4) is 0 Å². The van der Waals surface area contributed by atoms with Crippen LogP contribution in [0.2, 0.25) is 0 Å². The van der Waals surface area contributed by atoms with Crippen molar-refractivity contribution in [2.45, 2.75) is 72.4 Å². The van der Waals surface area contributed by atoms with E-state index in [1.54, 1.807) is 0 Å². The van der Waals surface area contributed by atoms with Crippen LogP contribution < -0.4 is 5.32 Å². The molecule has 0 heterocycles. The van der Waals surface area contributed by atoms with Gasteiger partial charge in [0.05, 0.1) is 0 Å². The molecule has 1 aromatic rings. The van der Waals surface area contributed by atoms with Crippen LogP contribution in [0, 0.1) is 11.8 Å². The van der Waals surface area contributed by atoms with Gasteiger partial charge in [0.1, 0.15) is 11.6 Å². The van der Waals surface area contributed by atoms with Gasteiger partial charge in [0.2, 0.25) is 5.91 Å². The van der Waals surface area contributed by atoms with Gasteiger partial charge in [0.25, 0.3) is 0 Å². The topological polar surface area (TPSA) is 55.4 Å². The number of hydrogen-bond acceptors (Lipinski definition) is 3. The van der Waals surface area contributed by atoms with Gasteiger partial charge >= 0.3 is 5.97 Å². The van der Waals surface area contributed by atoms with Crippen molar-refractivity contribution in [2.75, 3.05) is 0 Å². The van der Waals surface area contributed by atoms with Crippen molar-refractivity contribution in [1.29, 1.82) is 0 Å². The molecule has 140 valence electrons. The molecule has 0 aliphatic rings. The van der Waals surface area contributed by atoms with Crippen LogP contribution in [0.15, 0.2) is 30.3 Å². The average Bonchev–Trinajstić information content (AvgIpc) is 2.50. The summed E-state index contributed by atoms with van der Waals surface area (Å²) in [5, 5.41) is 2.93. The van der Waals surface area contributed by atoms with Crippen molar-refractivity contribution >= 4 is 11.9 Å². The average molecular weight is 347 g/mol. The van der Waals surface area contributed by atoms with Crippen LogP contribution in [0.1, 0.15) is 59.9 Å². The summed E-state index contributed by atoms with van der Waals surface area (Å²) in [6, 6.07) is 9.36. The van der Waals surface area contributed by atoms with Gasteiger partial charge < -0.3 is 10.1 Å². The Bertz CT molecular complexity index is 546. The maximum atomic E-state index is 12.7. The zero-order chi connectivity index (χ0) is 19.0. The van der Waals surface area contributed by atoms with Crippen LogP contribution in [-0.4, -0.2) is 23.5 Å². The lowest BCUT2D eigenvalue weighted by Gasteiger charge is -2.26. The highest BCUT2D eigenvalue weighted by Crippen LogP contribution is 2.16. The van der Waals surface area contributed by atoms with Crippen molar-refractivity contribution in [1.82, 2.24) is 5.32 Å². The number of rotatable bonds is 8. The molecule has 0 aromatic heterocycles. The van der Waals surface area contributed by atoms with Gasteiger partial charge in [0.15, 0.2) is 0 Å². The van der Waals surface area contributed by atoms with Crippen molar-refractivity contribution in [3.63, 3.8) is 0 Å². The first-order valence-electron chi connectivity index (χ1n) is 9.19. The fraction of sp³-hybridized carbons (Fsp3) is 0.619. The highest BCUT2D eigenvalue weighted by molar-refractivity contribution is 5.86. The van der Waals surface area contributed by atoms with Crippen LogP contribution >= 0.6 is 0 Å². The second kappa shape index (κ2) is 9.59. The number of nitrogens with one attached hydrogen (secondary N) is 1. The molecular formula is C21H33NO3. The lowest BCUT2D eigenvalue weighted by molar-refractivity contribution is -0.159. The Hall–Kier alpha value is -1.84. The zero-order valence-electron chi connectivity index (χ0n) is 16.5. The number of esters is 1. The zero-order valence-corrected chi connectivity index (χ0v) is 16.5. The Kier molecular flexibility index (Phi) is 8.14. The quantitative estimate of drug-likeness (QED) is 0.720. The molecule has 0 spiro atoms. The van der Waals surface area contributed by atoms with Crippen LogP contribution in [0.4, 0.5) is 0 Å². The van der Waals surface area contributed by atoms with E-state index in [1.165, 1.54) is 0 Å². The molecular weight excluding hydrogens is 314 g/mol. The van der Waals surface area contributed by atoms with E-state index in [9.17, 15) is 9.59 Å². The third-order valence-electron chi connectivity index (χ3n) is 3.90. The molecule has 0 aliphatic heterocycles. The number of amides is 1. The van der Waals surface area contributed by atoms with Gasteiger partial charge in [-0.1, -0.05) is 51.1 Å². The molecule has 0 bridgehead atoms. The van der Waals surface area contributed by atoms with Crippen LogP contribution in [0.3, 0.4) is 0 Å². The molecule has 0 fully saturated rings. The Balaban J connectivity index is 2.79. The summed E-state index contributed by atoms with van der Waals surface area (Å²) in [6.07, 6.45) is 1.97. The van der Waals surface area contributed by atoms with E-state index >= 15 is 0 Å². The van der Waals surface area contributed by atoms with E-state index in [0.717, 1.165) is 12.0 Å². The molecule has 0 unspecified atom stereocenters. The Morgan fingerprint density at radius 3 is 2.20 bits per heavy atom. The van der Waals surface area contributed by atoms with E-state index in [-0.39, 0.29) is 23.7 Å². The third kappa shape index (κ3) is 8.19. The largest absolute Gasteiger partial charge is 0.458 e. The van der Waals surface area contributed by atoms with Crippen LogP contribution in [0.25, 0.3) is 0 Å². The summed E-state index contributed by atoms with van der Waals surface area (Å²) in [4.78, 5) is 25.2. The van der Waals surface area contributed by atoms with Gasteiger partial charge in [-0.3, -0.25) is 4.79 Å². The predicted molar refractivity (Wildman–Crippen MR) is 101 cm³/mol. The first-order valence-corrected chi connectivity index (χ1v) is 9.19. The molecule has 0 aliphatic carbocycles. The summed E-state index contributed by atoms with van der Waals surface area (Å²) >= 11 is 0. The standard InChI is InChI=1S/C21H33NO3/c1-7-17(14-16-11-9-8-10-12-16)19(23)22-18(13-15(2)3)20(24)25-21(4,5)6/h8-12,15,17-18H,7,13-14H2,1-6H3,(H,22,23)/t17-,18-/m0/s1. The smallest absolute Gasteiger partial charge is 0.329 e. The Labute approximate surface area is 152 Å². The number of ether oxygens (including phenoxy) is 1. The number of carbonyl (C=O) groups excluding carboxylic acids is 2. The van der Waals surface area contributed by atoms with Crippen molar-refractivity contribution in [3.05, 3.63) is 35.9 Å². The molecule has 2 atom stereocenters. The van der Waals surface area contributed by atoms with Gasteiger partial charge in [-0.25, -0.2) is 4.79 Å². The van der Waals surface area contributed by atoms with Gasteiger partial charge in [-0.15, -0.1) is 0 Å². The number of hydrogen-bond donors (Lipinski definition) is 1. The molecule has 4 nitrogen and oxygen atoms in total. The first-order chi connectivity index (χ1) is 11.6. The second-order valence-corrected chi connectivity index (χ2v) is 8.02. The summed E-state index contributed by atoms with van der Waals surface area (Å²) in [5.41, 5.74) is 0.563. The highest BCUT2D eigenvalue weighted by Gasteiger charge is 2.29. The molecule has 1 rings (SSSR count). The van der Waals surface area contributed by atoms with E-state index < -0.39 is 11.6 Å². The van der Waals surface area contributed by atoms with E-state index in [1.807, 2.05) is 71.9 Å². The molecule has 0 saturated carbocycles. The normalized spacial score (nSPS) is 14.0. The maximum Gasteiger partial charge on any atom is 0.329 e. The fourth-order valence-electron chi connectivity index (χ4n) is 2.67. The summed E-state index contributed by atoms with van der Waals surface area (Å²) in [5.74, 6) is -0.307. The van der Waals surface area contributed by atoms with E-state index in [0.29, 0.717) is 12.8 Å². The molecule has 0 radical (unpaired) electrons. The monoisotopic (exact) mass is 347 g/mol. The molecule has 1 aromatic carbocycles. The molecule has 0 saturated heterocycles. The molecule has 4 heteroatoms. The fourth-order valence-corrected chi connectivity index (χ4v) is 2.67. The highest BCUT2D eigenvalue weighted by atomic mass is 16.6. The van der Waals surface area contributed by atoms with E-state index in [2.05, 4.69) is 5.32 Å². The first kappa shape index (κ1) is 21.2. The Morgan fingerprint density at radius 2 is 1.72 bits per heavy atom. The van der Waals surface area contributed by atoms with Crippen LogP contribution in [0.5, 0.6) is 0 Å². The minimum atomic E-state index is -0.600. The summed E-state index contributed by atoms with van der Waals surface area (Å²) in [7, 11) is 0. The minimum Gasteiger partial charge on any atom is -0.458 e. The van der Waals surface area contributed by atoms with Gasteiger partial charge in [0, 0.05) is 5.92 Å². The minimum absolute atomic E-state index is 0.0807. The lowest BCUT2D eigenvalue weighted by Crippen LogP contribution is -2.47. The second-order valence-electron chi connectivity index (χ2n) is 8.02. The summed E-state index contributed by atoms with van der Waals surface area (Å²) in [6.45, 7) is 11.6. The molecule has 1 amide bonds. The molecule has 25 heavy (non-hydrogen) atoms. The third-order valence-corrected chi connectivity index (χ3v) is 3.90. The predicted octanol–water partition coefficient (Wildman–Crippen LogP) is 4.13. The van der Waals surface area contributed by atoms with Gasteiger partial charge in [-0.2, -0.15) is 0 Å². The van der Waals surface area contributed by atoms with Crippen LogP contribution in [-0.2, 0) is 20.7 Å². The number of benzene rings is 1. The SMILES string of the molecule is CC[C@@H](Cc1ccccc1)C(=O)N[C@@H](CC(C)C)C(=O)OC(C)(C)C. The summed E-state index contributed by atoms with van der Waals surface area (Å²) < 4.78 is 5.48. The Morgan fingerprint density at radius 1 is 1.12 bits per heavy atom. The maximum absolute atomic E-state index is 12.7. The van der Waals surface area contributed by atoms with E-state index in [4.69, 9.17) is 4.74 Å². The lowest BCUT2D eigenvalue weighted by atomic mass is 9.95. The van der Waals surface area contributed by atoms with Crippen molar-refractivity contribution < 1.29 is 14.3 Å². The number of carbonyl (C=O) groups is 2. The van der Waals surface area contributed by atoms with Gasteiger partial charge in [-0.05, 0) is 51.5 Å². The van der Waals surface area contributed by atoms with Crippen molar-refractivity contribution in [2.24, 2.45) is 11.8 Å². The molecule has 1 N–H and O–H groups in total.